The molecule has 0 bridgehead atoms. The van der Waals surface area contributed by atoms with Crippen molar-refractivity contribution >= 4 is 10.9 Å². The van der Waals surface area contributed by atoms with Crippen LogP contribution >= 0.6 is 0 Å². The number of fused-ring (bicyclic) bond motifs is 1. The standard InChI is InChI=1S/C11H9F2NO/c12-11(13,7-15)9-4-1-5-10-8(9)3-2-6-14-10/h1-6,15H,7H2. The quantitative estimate of drug-likeness (QED) is 0.823. The maximum Gasteiger partial charge on any atom is 0.296 e. The summed E-state index contributed by atoms with van der Waals surface area (Å²) in [7, 11) is 0. The van der Waals surface area contributed by atoms with Gasteiger partial charge in [-0.15, -0.1) is 0 Å². The molecule has 0 aliphatic carbocycles. The molecule has 2 aromatic rings. The highest BCUT2D eigenvalue weighted by Gasteiger charge is 2.32. The highest BCUT2D eigenvalue weighted by atomic mass is 19.3. The summed E-state index contributed by atoms with van der Waals surface area (Å²) in [4.78, 5) is 3.97. The van der Waals surface area contributed by atoms with Crippen molar-refractivity contribution in [2.45, 2.75) is 5.92 Å². The van der Waals surface area contributed by atoms with Gasteiger partial charge in [-0.3, -0.25) is 4.98 Å². The average Bonchev–Trinajstić information content (AvgIpc) is 2.28. The SMILES string of the molecule is OCC(F)(F)c1cccc2ncccc12. The van der Waals surface area contributed by atoms with Gasteiger partial charge >= 0.3 is 0 Å². The van der Waals surface area contributed by atoms with Crippen molar-refractivity contribution in [3.63, 3.8) is 0 Å². The van der Waals surface area contributed by atoms with E-state index in [1.165, 1.54) is 12.1 Å². The lowest BCUT2D eigenvalue weighted by Crippen LogP contribution is -2.18. The lowest BCUT2D eigenvalue weighted by atomic mass is 10.0. The molecule has 0 saturated carbocycles. The van der Waals surface area contributed by atoms with Crippen LogP contribution in [0.2, 0.25) is 0 Å². The molecule has 1 heterocycles. The lowest BCUT2D eigenvalue weighted by Gasteiger charge is -2.15. The summed E-state index contributed by atoms with van der Waals surface area (Å²) in [5.74, 6) is -3.22. The molecule has 4 heteroatoms. The fourth-order valence-corrected chi connectivity index (χ4v) is 1.51. The van der Waals surface area contributed by atoms with E-state index in [9.17, 15) is 8.78 Å². The smallest absolute Gasteiger partial charge is 0.296 e. The molecule has 15 heavy (non-hydrogen) atoms. The first kappa shape index (κ1) is 9.98. The molecule has 2 rings (SSSR count). The maximum absolute atomic E-state index is 13.3. The van der Waals surface area contributed by atoms with Crippen molar-refractivity contribution in [3.05, 3.63) is 42.1 Å². The first-order valence-electron chi connectivity index (χ1n) is 4.48. The molecule has 1 N–H and O–H groups in total. The largest absolute Gasteiger partial charge is 0.390 e. The minimum Gasteiger partial charge on any atom is -0.390 e. The van der Waals surface area contributed by atoms with Crippen LogP contribution in [0.5, 0.6) is 0 Å². The first-order chi connectivity index (χ1) is 7.15. The number of aliphatic hydroxyl groups is 1. The summed E-state index contributed by atoms with van der Waals surface area (Å²) in [6, 6.07) is 7.64. The number of hydrogen-bond donors (Lipinski definition) is 1. The van der Waals surface area contributed by atoms with E-state index in [0.29, 0.717) is 10.9 Å². The van der Waals surface area contributed by atoms with E-state index in [1.807, 2.05) is 0 Å². The Kier molecular flexibility index (Phi) is 2.36. The second-order valence-electron chi connectivity index (χ2n) is 3.24. The molecular weight excluding hydrogens is 200 g/mol. The third kappa shape index (κ3) is 1.68. The Hall–Kier alpha value is -1.55. The van der Waals surface area contributed by atoms with Gasteiger partial charge in [0.15, 0.2) is 0 Å². The summed E-state index contributed by atoms with van der Waals surface area (Å²) in [6.45, 7) is -1.19. The average molecular weight is 209 g/mol. The van der Waals surface area contributed by atoms with Crippen LogP contribution in [0.15, 0.2) is 36.5 Å². The van der Waals surface area contributed by atoms with Gasteiger partial charge < -0.3 is 5.11 Å². The molecule has 0 aliphatic rings. The molecule has 0 unspecified atom stereocenters. The van der Waals surface area contributed by atoms with Crippen molar-refractivity contribution in [2.24, 2.45) is 0 Å². The molecule has 0 aliphatic heterocycles. The normalized spacial score (nSPS) is 11.9. The van der Waals surface area contributed by atoms with Crippen molar-refractivity contribution in [1.29, 1.82) is 0 Å². The monoisotopic (exact) mass is 209 g/mol. The van der Waals surface area contributed by atoms with Crippen LogP contribution in [0, 0.1) is 0 Å². The zero-order valence-corrected chi connectivity index (χ0v) is 7.82. The predicted molar refractivity (Wildman–Crippen MR) is 52.7 cm³/mol. The number of benzene rings is 1. The summed E-state index contributed by atoms with van der Waals surface area (Å²) >= 11 is 0. The van der Waals surface area contributed by atoms with Crippen LogP contribution < -0.4 is 0 Å². The van der Waals surface area contributed by atoms with E-state index in [4.69, 9.17) is 5.11 Å². The van der Waals surface area contributed by atoms with Crippen molar-refractivity contribution in [3.8, 4) is 0 Å². The van der Waals surface area contributed by atoms with Gasteiger partial charge in [0, 0.05) is 17.1 Å². The van der Waals surface area contributed by atoms with E-state index in [-0.39, 0.29) is 5.56 Å². The van der Waals surface area contributed by atoms with E-state index < -0.39 is 12.5 Å². The molecule has 0 fully saturated rings. The Morgan fingerprint density at radius 1 is 1.20 bits per heavy atom. The Morgan fingerprint density at radius 3 is 2.73 bits per heavy atom. The summed E-state index contributed by atoms with van der Waals surface area (Å²) in [5, 5.41) is 9.01. The molecule has 0 saturated heterocycles. The lowest BCUT2D eigenvalue weighted by molar-refractivity contribution is -0.0543. The summed E-state index contributed by atoms with van der Waals surface area (Å²) < 4.78 is 26.7. The molecule has 0 spiro atoms. The molecule has 0 amide bonds. The number of aromatic nitrogens is 1. The third-order valence-electron chi connectivity index (χ3n) is 2.24. The predicted octanol–water partition coefficient (Wildman–Crippen LogP) is 2.32. The van der Waals surface area contributed by atoms with Gasteiger partial charge in [-0.05, 0) is 12.1 Å². The van der Waals surface area contributed by atoms with Gasteiger partial charge in [0.1, 0.15) is 6.61 Å². The second kappa shape index (κ2) is 3.55. The van der Waals surface area contributed by atoms with Gasteiger partial charge in [-0.25, -0.2) is 0 Å². The number of nitrogens with zero attached hydrogens (tertiary/aromatic N) is 1. The van der Waals surface area contributed by atoms with Gasteiger partial charge in [-0.2, -0.15) is 8.78 Å². The molecule has 1 aromatic heterocycles. The van der Waals surface area contributed by atoms with Gasteiger partial charge in [-0.1, -0.05) is 18.2 Å². The van der Waals surface area contributed by atoms with Gasteiger partial charge in [0.2, 0.25) is 0 Å². The topological polar surface area (TPSA) is 33.1 Å². The van der Waals surface area contributed by atoms with Crippen molar-refractivity contribution in [2.75, 3.05) is 6.61 Å². The Labute approximate surface area is 85.2 Å². The van der Waals surface area contributed by atoms with Crippen LogP contribution in [-0.2, 0) is 5.92 Å². The van der Waals surface area contributed by atoms with E-state index >= 15 is 0 Å². The van der Waals surface area contributed by atoms with Crippen LogP contribution in [0.25, 0.3) is 10.9 Å². The Balaban J connectivity index is 2.71. The van der Waals surface area contributed by atoms with E-state index in [2.05, 4.69) is 4.98 Å². The zero-order valence-electron chi connectivity index (χ0n) is 7.82. The summed E-state index contributed by atoms with van der Waals surface area (Å²) in [6.07, 6.45) is 1.54. The first-order valence-corrected chi connectivity index (χ1v) is 4.48. The molecule has 78 valence electrons. The molecule has 1 aromatic carbocycles. The summed E-state index contributed by atoms with van der Waals surface area (Å²) in [5.41, 5.74) is 0.318. The van der Waals surface area contributed by atoms with E-state index in [1.54, 1.807) is 24.4 Å². The number of rotatable bonds is 2. The maximum atomic E-state index is 13.3. The minimum atomic E-state index is -3.22. The van der Waals surface area contributed by atoms with Crippen molar-refractivity contribution in [1.82, 2.24) is 4.98 Å². The fourth-order valence-electron chi connectivity index (χ4n) is 1.51. The highest BCUT2D eigenvalue weighted by Crippen LogP contribution is 2.32. The third-order valence-corrected chi connectivity index (χ3v) is 2.24. The Bertz CT molecular complexity index is 479. The van der Waals surface area contributed by atoms with Gasteiger partial charge in [0.05, 0.1) is 5.52 Å². The van der Waals surface area contributed by atoms with Gasteiger partial charge in [0.25, 0.3) is 5.92 Å². The van der Waals surface area contributed by atoms with Crippen LogP contribution in [0.3, 0.4) is 0 Å². The number of aliphatic hydroxyl groups excluding tert-OH is 1. The minimum absolute atomic E-state index is 0.185. The molecule has 0 radical (unpaired) electrons. The fraction of sp³-hybridized carbons (Fsp3) is 0.182. The zero-order chi connectivity index (χ0) is 10.9. The second-order valence-corrected chi connectivity index (χ2v) is 3.24. The van der Waals surface area contributed by atoms with E-state index in [0.717, 1.165) is 0 Å². The molecule has 0 atom stereocenters. The molecule has 2 nitrogen and oxygen atoms in total. The van der Waals surface area contributed by atoms with Crippen LogP contribution in [0.1, 0.15) is 5.56 Å². The highest BCUT2D eigenvalue weighted by molar-refractivity contribution is 5.82. The number of pyridine rings is 1. The van der Waals surface area contributed by atoms with Crippen LogP contribution in [-0.4, -0.2) is 16.7 Å². The van der Waals surface area contributed by atoms with Crippen molar-refractivity contribution < 1.29 is 13.9 Å². The van der Waals surface area contributed by atoms with Crippen LogP contribution in [0.4, 0.5) is 8.78 Å². The molecular formula is C11H9F2NO. The number of halogens is 2. The Morgan fingerprint density at radius 2 is 2.00 bits per heavy atom. The number of hydrogen-bond acceptors (Lipinski definition) is 2. The number of alkyl halides is 2.